The first-order valence-corrected chi connectivity index (χ1v) is 4.89. The van der Waals surface area contributed by atoms with Crippen molar-refractivity contribution >= 4 is 0 Å². The summed E-state index contributed by atoms with van der Waals surface area (Å²) >= 11 is 0. The molecule has 0 heterocycles. The van der Waals surface area contributed by atoms with Gasteiger partial charge in [0, 0.05) is 11.1 Å². The molecule has 2 atom stereocenters. The van der Waals surface area contributed by atoms with Crippen LogP contribution in [0.4, 0.5) is 0 Å². The van der Waals surface area contributed by atoms with E-state index in [4.69, 9.17) is 5.73 Å². The quantitative estimate of drug-likeness (QED) is 0.579. The Morgan fingerprint density at radius 3 is 1.93 bits per heavy atom. The molecule has 0 spiro atoms. The highest BCUT2D eigenvalue weighted by atomic mass is 16.3. The van der Waals surface area contributed by atoms with Crippen LogP contribution in [0.3, 0.4) is 0 Å². The van der Waals surface area contributed by atoms with Crippen molar-refractivity contribution in [3.8, 4) is 0 Å². The number of rotatable bonds is 5. The van der Waals surface area contributed by atoms with Crippen molar-refractivity contribution in [1.29, 1.82) is 0 Å². The van der Waals surface area contributed by atoms with E-state index in [1.807, 2.05) is 25.9 Å². The molecule has 0 saturated heterocycles. The zero-order valence-corrected chi connectivity index (χ0v) is 9.91. The summed E-state index contributed by atoms with van der Waals surface area (Å²) in [5.41, 5.74) is 4.74. The molecule has 0 bridgehead atoms. The molecule has 0 amide bonds. The molecule has 0 rings (SSSR count). The van der Waals surface area contributed by atoms with Crippen molar-refractivity contribution in [1.82, 2.24) is 4.90 Å². The van der Waals surface area contributed by atoms with E-state index in [2.05, 4.69) is 0 Å². The largest absolute Gasteiger partial charge is 0.394 e. The van der Waals surface area contributed by atoms with Gasteiger partial charge in [-0.25, -0.2) is 0 Å². The Bertz CT molecular complexity index is 177. The van der Waals surface area contributed by atoms with Gasteiger partial charge in [-0.15, -0.1) is 0 Å². The monoisotopic (exact) mass is 204 g/mol. The average Bonchev–Trinajstić information content (AvgIpc) is 2.02. The van der Waals surface area contributed by atoms with Gasteiger partial charge in [0.1, 0.15) is 0 Å². The second-order valence-electron chi connectivity index (χ2n) is 5.09. The Hall–Kier alpha value is -0.160. The summed E-state index contributed by atoms with van der Waals surface area (Å²) in [6.45, 7) is 5.48. The first-order valence-electron chi connectivity index (χ1n) is 4.89. The van der Waals surface area contributed by atoms with Crippen molar-refractivity contribution in [2.45, 2.75) is 44.4 Å². The molecule has 0 aromatic rings. The van der Waals surface area contributed by atoms with E-state index in [1.165, 1.54) is 0 Å². The van der Waals surface area contributed by atoms with Crippen LogP contribution in [0.5, 0.6) is 0 Å². The minimum atomic E-state index is -0.633. The van der Waals surface area contributed by atoms with Gasteiger partial charge in [0.05, 0.1) is 12.7 Å². The Morgan fingerprint density at radius 2 is 1.71 bits per heavy atom. The topological polar surface area (TPSA) is 69.7 Å². The molecule has 4 N–H and O–H groups in total. The van der Waals surface area contributed by atoms with E-state index >= 15 is 0 Å². The standard InChI is InChI=1S/C10H24N2O2/c1-9(2,11)8(14)6-10(3,7-13)12(4)5/h8,13-14H,6-7,11H2,1-5H3. The molecular weight excluding hydrogens is 180 g/mol. The van der Waals surface area contributed by atoms with Crippen molar-refractivity contribution in [2.75, 3.05) is 20.7 Å². The van der Waals surface area contributed by atoms with Gasteiger partial charge in [0.15, 0.2) is 0 Å². The Kier molecular flexibility index (Phi) is 4.52. The van der Waals surface area contributed by atoms with Crippen LogP contribution in [0.2, 0.25) is 0 Å². The second-order valence-corrected chi connectivity index (χ2v) is 5.09. The lowest BCUT2D eigenvalue weighted by Gasteiger charge is -2.39. The molecule has 2 unspecified atom stereocenters. The molecule has 0 aromatic heterocycles. The highest BCUT2D eigenvalue weighted by Crippen LogP contribution is 2.22. The number of likely N-dealkylation sites (N-methyl/N-ethyl adjacent to an activating group) is 1. The summed E-state index contributed by atoms with van der Waals surface area (Å²) in [5.74, 6) is 0. The molecule has 14 heavy (non-hydrogen) atoms. The molecule has 4 heteroatoms. The Labute approximate surface area is 86.7 Å². The van der Waals surface area contributed by atoms with Crippen molar-refractivity contribution < 1.29 is 10.2 Å². The molecule has 0 aromatic carbocycles. The molecule has 0 radical (unpaired) electrons. The smallest absolute Gasteiger partial charge is 0.0732 e. The fourth-order valence-electron chi connectivity index (χ4n) is 1.07. The lowest BCUT2D eigenvalue weighted by molar-refractivity contribution is 0.00505. The number of hydrogen-bond acceptors (Lipinski definition) is 4. The molecule has 4 nitrogen and oxygen atoms in total. The van der Waals surface area contributed by atoms with Crippen molar-refractivity contribution in [3.05, 3.63) is 0 Å². The third-order valence-electron chi connectivity index (χ3n) is 2.91. The van der Waals surface area contributed by atoms with E-state index < -0.39 is 17.2 Å². The number of nitrogens with two attached hydrogens (primary N) is 1. The predicted octanol–water partition coefficient (Wildman–Crippen LogP) is -0.213. The van der Waals surface area contributed by atoms with Crippen molar-refractivity contribution in [2.24, 2.45) is 5.73 Å². The molecule has 0 saturated carbocycles. The van der Waals surface area contributed by atoms with E-state index in [0.29, 0.717) is 6.42 Å². The van der Waals surface area contributed by atoms with Crippen LogP contribution in [0.1, 0.15) is 27.2 Å². The summed E-state index contributed by atoms with van der Waals surface area (Å²) in [4.78, 5) is 1.90. The third-order valence-corrected chi connectivity index (χ3v) is 2.91. The first-order chi connectivity index (χ1) is 6.13. The van der Waals surface area contributed by atoms with Crippen LogP contribution in [0.15, 0.2) is 0 Å². The molecule has 0 aliphatic rings. The fourth-order valence-corrected chi connectivity index (χ4v) is 1.07. The van der Waals surface area contributed by atoms with E-state index in [-0.39, 0.29) is 6.61 Å². The van der Waals surface area contributed by atoms with Gasteiger partial charge in [0.25, 0.3) is 0 Å². The maximum atomic E-state index is 9.84. The zero-order valence-electron chi connectivity index (χ0n) is 9.91. The average molecular weight is 204 g/mol. The van der Waals surface area contributed by atoms with Gasteiger partial charge in [0.2, 0.25) is 0 Å². The van der Waals surface area contributed by atoms with Crippen molar-refractivity contribution in [3.63, 3.8) is 0 Å². The maximum Gasteiger partial charge on any atom is 0.0732 e. The summed E-state index contributed by atoms with van der Waals surface area (Å²) in [6.07, 6.45) is -0.165. The minimum absolute atomic E-state index is 0.00708. The van der Waals surface area contributed by atoms with E-state index in [1.54, 1.807) is 13.8 Å². The Balaban J connectivity index is 4.47. The molecule has 0 aliphatic heterocycles. The van der Waals surface area contributed by atoms with Crippen LogP contribution in [-0.2, 0) is 0 Å². The molecule has 0 aliphatic carbocycles. The first kappa shape index (κ1) is 13.8. The normalized spacial score (nSPS) is 19.5. The third kappa shape index (κ3) is 3.53. The molecule has 0 fully saturated rings. The van der Waals surface area contributed by atoms with Gasteiger partial charge in [-0.3, -0.25) is 0 Å². The number of nitrogens with zero attached hydrogens (tertiary/aromatic N) is 1. The Morgan fingerprint density at radius 1 is 1.29 bits per heavy atom. The highest BCUT2D eigenvalue weighted by Gasteiger charge is 2.34. The minimum Gasteiger partial charge on any atom is -0.394 e. The summed E-state index contributed by atoms with van der Waals surface area (Å²) in [7, 11) is 3.76. The van der Waals surface area contributed by atoms with E-state index in [0.717, 1.165) is 0 Å². The van der Waals surface area contributed by atoms with Crippen LogP contribution >= 0.6 is 0 Å². The summed E-state index contributed by atoms with van der Waals surface area (Å²) in [6, 6.07) is 0. The van der Waals surface area contributed by atoms with Crippen LogP contribution < -0.4 is 5.73 Å². The number of aliphatic hydroxyl groups is 2. The van der Waals surface area contributed by atoms with Gasteiger partial charge in [-0.1, -0.05) is 0 Å². The fraction of sp³-hybridized carbons (Fsp3) is 1.00. The predicted molar refractivity (Wildman–Crippen MR) is 58.1 cm³/mol. The lowest BCUT2D eigenvalue weighted by Crippen LogP contribution is -2.54. The van der Waals surface area contributed by atoms with Gasteiger partial charge >= 0.3 is 0 Å². The molecule has 86 valence electrons. The van der Waals surface area contributed by atoms with Crippen LogP contribution in [0, 0.1) is 0 Å². The van der Waals surface area contributed by atoms with E-state index in [9.17, 15) is 10.2 Å². The van der Waals surface area contributed by atoms with Crippen LogP contribution in [0.25, 0.3) is 0 Å². The number of aliphatic hydroxyl groups excluding tert-OH is 2. The lowest BCUT2D eigenvalue weighted by atomic mass is 9.86. The van der Waals surface area contributed by atoms with Gasteiger partial charge < -0.3 is 20.8 Å². The van der Waals surface area contributed by atoms with Gasteiger partial charge in [-0.2, -0.15) is 0 Å². The SMILES string of the molecule is CN(C)C(C)(CO)CC(O)C(C)(C)N. The molecular formula is C10H24N2O2. The number of hydrogen-bond donors (Lipinski definition) is 3. The summed E-state index contributed by atoms with van der Waals surface area (Å²) < 4.78 is 0. The second kappa shape index (κ2) is 4.57. The zero-order chi connectivity index (χ0) is 11.6. The van der Waals surface area contributed by atoms with Crippen LogP contribution in [-0.4, -0.2) is 53.0 Å². The maximum absolute atomic E-state index is 9.84. The van der Waals surface area contributed by atoms with Gasteiger partial charge in [-0.05, 0) is 41.3 Å². The summed E-state index contributed by atoms with van der Waals surface area (Å²) in [5, 5.41) is 19.1. The highest BCUT2D eigenvalue weighted by molar-refractivity contribution is 4.92.